The van der Waals surface area contributed by atoms with Crippen LogP contribution in [0, 0.1) is 0 Å². The van der Waals surface area contributed by atoms with Gasteiger partial charge in [-0.3, -0.25) is 0 Å². The van der Waals surface area contributed by atoms with Crippen molar-refractivity contribution < 1.29 is 9.47 Å². The van der Waals surface area contributed by atoms with Crippen LogP contribution in [0.25, 0.3) is 11.3 Å². The van der Waals surface area contributed by atoms with Crippen molar-refractivity contribution >= 4 is 11.5 Å². The fourth-order valence-electron chi connectivity index (χ4n) is 1.37. The molecule has 1 aromatic carbocycles. The van der Waals surface area contributed by atoms with Gasteiger partial charge in [0.15, 0.2) is 0 Å². The molecule has 2 aromatic rings. The molecule has 4 nitrogen and oxygen atoms in total. The first-order valence-electron chi connectivity index (χ1n) is 5.04. The molecular weight excluding hydrogens is 224 g/mol. The van der Waals surface area contributed by atoms with E-state index in [0.717, 1.165) is 23.6 Å². The SMILES string of the molecule is c1cc(-c2csnn2)ccc1OC[C@@H]1CO1. The van der Waals surface area contributed by atoms with E-state index in [-0.39, 0.29) is 0 Å². The zero-order valence-electron chi connectivity index (χ0n) is 8.50. The fraction of sp³-hybridized carbons (Fsp3) is 0.273. The minimum absolute atomic E-state index is 0.294. The monoisotopic (exact) mass is 234 g/mol. The van der Waals surface area contributed by atoms with E-state index in [9.17, 15) is 0 Å². The lowest BCUT2D eigenvalue weighted by Gasteiger charge is -2.04. The molecule has 1 aliphatic heterocycles. The number of benzene rings is 1. The Morgan fingerprint density at radius 3 is 2.81 bits per heavy atom. The average molecular weight is 234 g/mol. The smallest absolute Gasteiger partial charge is 0.119 e. The normalized spacial score (nSPS) is 18.4. The first-order chi connectivity index (χ1) is 7.92. The third kappa shape index (κ3) is 2.20. The molecule has 0 bridgehead atoms. The molecule has 1 fully saturated rings. The van der Waals surface area contributed by atoms with Crippen molar-refractivity contribution in [3.05, 3.63) is 29.6 Å². The fourth-order valence-corrected chi connectivity index (χ4v) is 1.83. The zero-order chi connectivity index (χ0) is 10.8. The number of aromatic nitrogens is 2. The van der Waals surface area contributed by atoms with Gasteiger partial charge in [0.2, 0.25) is 0 Å². The summed E-state index contributed by atoms with van der Waals surface area (Å²) in [7, 11) is 0. The minimum Gasteiger partial charge on any atom is -0.491 e. The summed E-state index contributed by atoms with van der Waals surface area (Å²) in [5.74, 6) is 0.863. The van der Waals surface area contributed by atoms with Crippen LogP contribution in [0.4, 0.5) is 0 Å². The van der Waals surface area contributed by atoms with Crippen LogP contribution >= 0.6 is 11.5 Å². The summed E-state index contributed by atoms with van der Waals surface area (Å²) in [4.78, 5) is 0. The molecule has 16 heavy (non-hydrogen) atoms. The van der Waals surface area contributed by atoms with Crippen molar-refractivity contribution in [3.63, 3.8) is 0 Å². The number of epoxide rings is 1. The maximum absolute atomic E-state index is 5.54. The van der Waals surface area contributed by atoms with E-state index in [0.29, 0.717) is 12.7 Å². The molecule has 0 spiro atoms. The predicted octanol–water partition coefficient (Wildman–Crippen LogP) is 1.98. The van der Waals surface area contributed by atoms with E-state index < -0.39 is 0 Å². The Hall–Kier alpha value is -1.46. The van der Waals surface area contributed by atoms with Crippen molar-refractivity contribution in [2.75, 3.05) is 13.2 Å². The van der Waals surface area contributed by atoms with Gasteiger partial charge in [0.1, 0.15) is 24.2 Å². The number of hydrogen-bond acceptors (Lipinski definition) is 5. The summed E-state index contributed by atoms with van der Waals surface area (Å²) in [6.45, 7) is 1.46. The molecule has 1 saturated heterocycles. The number of hydrogen-bond donors (Lipinski definition) is 0. The van der Waals surface area contributed by atoms with Crippen molar-refractivity contribution in [2.24, 2.45) is 0 Å². The highest BCUT2D eigenvalue weighted by molar-refractivity contribution is 7.03. The van der Waals surface area contributed by atoms with Crippen LogP contribution in [-0.4, -0.2) is 28.9 Å². The molecule has 0 N–H and O–H groups in total. The van der Waals surface area contributed by atoms with Crippen LogP contribution in [0.5, 0.6) is 5.75 Å². The molecule has 1 aliphatic rings. The van der Waals surface area contributed by atoms with Crippen molar-refractivity contribution in [1.82, 2.24) is 9.59 Å². The van der Waals surface area contributed by atoms with Gasteiger partial charge in [-0.1, -0.05) is 4.49 Å². The molecule has 0 radical (unpaired) electrons. The zero-order valence-corrected chi connectivity index (χ0v) is 9.31. The Morgan fingerprint density at radius 1 is 1.38 bits per heavy atom. The largest absolute Gasteiger partial charge is 0.491 e. The summed E-state index contributed by atoms with van der Waals surface area (Å²) >= 11 is 1.35. The van der Waals surface area contributed by atoms with E-state index in [2.05, 4.69) is 9.59 Å². The average Bonchev–Trinajstić information content (AvgIpc) is 3.00. The Kier molecular flexibility index (Phi) is 2.55. The Labute approximate surface area is 97.0 Å². The van der Waals surface area contributed by atoms with Crippen LogP contribution in [0.1, 0.15) is 0 Å². The van der Waals surface area contributed by atoms with E-state index in [1.54, 1.807) is 0 Å². The van der Waals surface area contributed by atoms with Gasteiger partial charge in [-0.15, -0.1) is 5.10 Å². The predicted molar refractivity (Wildman–Crippen MR) is 60.6 cm³/mol. The van der Waals surface area contributed by atoms with Gasteiger partial charge in [0.05, 0.1) is 6.61 Å². The van der Waals surface area contributed by atoms with Crippen LogP contribution in [0.15, 0.2) is 29.6 Å². The standard InChI is InChI=1S/C11H10N2O2S/c1-3-9(14-5-10-6-15-10)4-2-8(1)11-7-16-13-12-11/h1-4,7,10H,5-6H2/t10-/m1/s1. The maximum Gasteiger partial charge on any atom is 0.119 e. The molecule has 0 unspecified atom stereocenters. The van der Waals surface area contributed by atoms with E-state index in [4.69, 9.17) is 9.47 Å². The Morgan fingerprint density at radius 2 is 2.19 bits per heavy atom. The number of nitrogens with zero attached hydrogens (tertiary/aromatic N) is 2. The Bertz CT molecular complexity index is 451. The number of ether oxygens (including phenoxy) is 2. The van der Waals surface area contributed by atoms with Crippen LogP contribution in [-0.2, 0) is 4.74 Å². The lowest BCUT2D eigenvalue weighted by Crippen LogP contribution is -2.03. The molecule has 1 atom stereocenters. The molecule has 5 heteroatoms. The third-order valence-corrected chi connectivity index (χ3v) is 2.85. The van der Waals surface area contributed by atoms with Crippen LogP contribution in [0.3, 0.4) is 0 Å². The molecule has 0 amide bonds. The maximum atomic E-state index is 5.54. The van der Waals surface area contributed by atoms with Crippen LogP contribution in [0.2, 0.25) is 0 Å². The van der Waals surface area contributed by atoms with E-state index >= 15 is 0 Å². The molecule has 3 rings (SSSR count). The Balaban J connectivity index is 1.69. The molecule has 0 aliphatic carbocycles. The van der Waals surface area contributed by atoms with Crippen molar-refractivity contribution in [3.8, 4) is 17.0 Å². The lowest BCUT2D eigenvalue weighted by atomic mass is 10.2. The van der Waals surface area contributed by atoms with Gasteiger partial charge in [-0.2, -0.15) is 0 Å². The summed E-state index contributed by atoms with van der Waals surface area (Å²) in [5.41, 5.74) is 1.96. The molecule has 2 heterocycles. The highest BCUT2D eigenvalue weighted by atomic mass is 32.1. The van der Waals surface area contributed by atoms with Gasteiger partial charge in [-0.25, -0.2) is 0 Å². The van der Waals surface area contributed by atoms with Gasteiger partial charge < -0.3 is 9.47 Å². The van der Waals surface area contributed by atoms with Crippen molar-refractivity contribution in [1.29, 1.82) is 0 Å². The topological polar surface area (TPSA) is 47.5 Å². The summed E-state index contributed by atoms with van der Waals surface area (Å²) < 4.78 is 14.4. The minimum atomic E-state index is 0.294. The second kappa shape index (κ2) is 4.19. The third-order valence-electron chi connectivity index (χ3n) is 2.35. The summed E-state index contributed by atoms with van der Waals surface area (Å²) in [6.07, 6.45) is 0.294. The molecular formula is C11H10N2O2S. The molecule has 0 saturated carbocycles. The van der Waals surface area contributed by atoms with Crippen molar-refractivity contribution in [2.45, 2.75) is 6.10 Å². The van der Waals surface area contributed by atoms with E-state index in [1.165, 1.54) is 11.5 Å². The van der Waals surface area contributed by atoms with E-state index in [1.807, 2.05) is 29.6 Å². The molecule has 1 aromatic heterocycles. The highest BCUT2D eigenvalue weighted by Crippen LogP contribution is 2.22. The van der Waals surface area contributed by atoms with Gasteiger partial charge in [-0.05, 0) is 35.8 Å². The second-order valence-corrected chi connectivity index (χ2v) is 4.19. The summed E-state index contributed by atoms with van der Waals surface area (Å²) in [5, 5.41) is 5.93. The first kappa shape index (κ1) is 9.74. The van der Waals surface area contributed by atoms with Gasteiger partial charge in [0.25, 0.3) is 0 Å². The second-order valence-electron chi connectivity index (χ2n) is 3.58. The first-order valence-corrected chi connectivity index (χ1v) is 5.87. The number of rotatable bonds is 4. The van der Waals surface area contributed by atoms with Gasteiger partial charge >= 0.3 is 0 Å². The van der Waals surface area contributed by atoms with Gasteiger partial charge in [0, 0.05) is 10.9 Å². The highest BCUT2D eigenvalue weighted by Gasteiger charge is 2.22. The van der Waals surface area contributed by atoms with Crippen LogP contribution < -0.4 is 4.74 Å². The molecule has 82 valence electrons. The summed E-state index contributed by atoms with van der Waals surface area (Å²) in [6, 6.07) is 7.85. The lowest BCUT2D eigenvalue weighted by molar-refractivity contribution is 0.263. The quantitative estimate of drug-likeness (QED) is 0.759.